The minimum Gasteiger partial charge on any atom is -0.489 e. The van der Waals surface area contributed by atoms with Gasteiger partial charge in [0, 0.05) is 22.9 Å². The molecule has 3 heterocycles. The van der Waals surface area contributed by atoms with Crippen molar-refractivity contribution in [3.63, 3.8) is 0 Å². The Morgan fingerprint density at radius 1 is 1.00 bits per heavy atom. The molecule has 1 fully saturated rings. The predicted octanol–water partition coefficient (Wildman–Crippen LogP) is 4.82. The van der Waals surface area contributed by atoms with Gasteiger partial charge in [0.1, 0.15) is 23.3 Å². The van der Waals surface area contributed by atoms with E-state index in [1.54, 1.807) is 48.7 Å². The maximum Gasteiger partial charge on any atom is 0.324 e. The molecule has 10 nitrogen and oxygen atoms in total. The van der Waals surface area contributed by atoms with Gasteiger partial charge in [-0.15, -0.1) is 12.4 Å². The summed E-state index contributed by atoms with van der Waals surface area (Å²) in [6.07, 6.45) is 3.64. The fraction of sp³-hybridized carbons (Fsp3) is 0.360. The van der Waals surface area contributed by atoms with Crippen LogP contribution in [0.2, 0.25) is 0 Å². The number of benzene rings is 1. The van der Waals surface area contributed by atoms with Gasteiger partial charge in [0.15, 0.2) is 5.82 Å². The molecular weight excluding hydrogens is 484 g/mol. The fourth-order valence-corrected chi connectivity index (χ4v) is 3.49. The average molecular weight is 515 g/mol. The molecule has 11 heteroatoms. The number of nitrogens with one attached hydrogen (secondary N) is 4. The minimum absolute atomic E-state index is 0. The Kier molecular flexibility index (Phi) is 8.89. The van der Waals surface area contributed by atoms with Crippen molar-refractivity contribution in [2.45, 2.75) is 45.1 Å². The number of amides is 3. The van der Waals surface area contributed by atoms with Crippen molar-refractivity contribution in [1.29, 1.82) is 0 Å². The zero-order chi connectivity index (χ0) is 24.8. The van der Waals surface area contributed by atoms with E-state index >= 15 is 0 Å². The Labute approximate surface area is 216 Å². The molecule has 0 bridgehead atoms. The van der Waals surface area contributed by atoms with E-state index in [-0.39, 0.29) is 35.5 Å². The normalized spacial score (nSPS) is 13.9. The Balaban J connectivity index is 0.00000361. The first-order chi connectivity index (χ1) is 16.8. The Morgan fingerprint density at radius 2 is 1.67 bits per heavy atom. The molecule has 3 amide bonds. The molecule has 4 rings (SSSR count). The summed E-state index contributed by atoms with van der Waals surface area (Å²) in [5.41, 5.74) is 1.20. The molecule has 1 saturated heterocycles. The van der Waals surface area contributed by atoms with Gasteiger partial charge in [0.05, 0.1) is 6.20 Å². The zero-order valence-electron chi connectivity index (χ0n) is 20.5. The number of carbonyl (C=O) groups is 2. The number of carbonyl (C=O) groups excluding carboxylic acids is 2. The lowest BCUT2D eigenvalue weighted by molar-refractivity contribution is 0.102. The number of urea groups is 1. The first-order valence-electron chi connectivity index (χ1n) is 11.6. The average Bonchev–Trinajstić information content (AvgIpc) is 3.30. The molecule has 1 aliphatic heterocycles. The molecule has 0 spiro atoms. The summed E-state index contributed by atoms with van der Waals surface area (Å²) >= 11 is 0. The molecule has 2 aromatic heterocycles. The lowest BCUT2D eigenvalue weighted by Crippen LogP contribution is -2.34. The Bertz CT molecular complexity index is 1150. The molecule has 0 aliphatic carbocycles. The van der Waals surface area contributed by atoms with Crippen molar-refractivity contribution in [2.75, 3.05) is 29.0 Å². The number of pyridine rings is 1. The van der Waals surface area contributed by atoms with Crippen LogP contribution in [0.25, 0.3) is 0 Å². The number of hydrogen-bond acceptors (Lipinski definition) is 7. The smallest absolute Gasteiger partial charge is 0.324 e. The molecule has 1 aromatic carbocycles. The van der Waals surface area contributed by atoms with Gasteiger partial charge in [0.25, 0.3) is 5.91 Å². The predicted molar refractivity (Wildman–Crippen MR) is 140 cm³/mol. The van der Waals surface area contributed by atoms with Gasteiger partial charge in [-0.1, -0.05) is 25.9 Å². The summed E-state index contributed by atoms with van der Waals surface area (Å²) in [6, 6.07) is 11.4. The molecule has 0 unspecified atom stereocenters. The highest BCUT2D eigenvalue weighted by Crippen LogP contribution is 2.24. The second-order valence-corrected chi connectivity index (χ2v) is 9.38. The van der Waals surface area contributed by atoms with Gasteiger partial charge in [0.2, 0.25) is 0 Å². The summed E-state index contributed by atoms with van der Waals surface area (Å²) in [4.78, 5) is 29.0. The van der Waals surface area contributed by atoms with E-state index in [2.05, 4.69) is 31.4 Å². The third-order valence-electron chi connectivity index (χ3n) is 5.45. The number of rotatable bonds is 6. The van der Waals surface area contributed by atoms with Crippen LogP contribution >= 0.6 is 12.4 Å². The maximum atomic E-state index is 12.5. The van der Waals surface area contributed by atoms with Gasteiger partial charge >= 0.3 is 6.03 Å². The van der Waals surface area contributed by atoms with Gasteiger partial charge < -0.3 is 25.2 Å². The number of piperidine rings is 1. The molecule has 3 aromatic rings. The Hall–Kier alpha value is -3.63. The van der Waals surface area contributed by atoms with Crippen LogP contribution in [0, 0.1) is 0 Å². The van der Waals surface area contributed by atoms with Crippen molar-refractivity contribution in [2.24, 2.45) is 0 Å². The second kappa shape index (κ2) is 11.9. The Morgan fingerprint density at radius 3 is 2.25 bits per heavy atom. The summed E-state index contributed by atoms with van der Waals surface area (Å²) in [5, 5.41) is 15.3. The van der Waals surface area contributed by atoms with Crippen LogP contribution in [0.4, 0.5) is 22.0 Å². The van der Waals surface area contributed by atoms with Crippen LogP contribution in [0.15, 0.2) is 53.2 Å². The fourth-order valence-electron chi connectivity index (χ4n) is 3.49. The SMILES string of the molecule is CC(C)(C)c1cc(NC(=O)Nc2ccc(NC(=O)c3ccc(OC4CCNCC4)cn3)cc2)no1.Cl. The number of ether oxygens (including phenoxy) is 1. The highest BCUT2D eigenvalue weighted by atomic mass is 35.5. The van der Waals surface area contributed by atoms with E-state index < -0.39 is 6.03 Å². The van der Waals surface area contributed by atoms with Crippen LogP contribution in [0.1, 0.15) is 49.9 Å². The highest BCUT2D eigenvalue weighted by Gasteiger charge is 2.20. The van der Waals surface area contributed by atoms with E-state index in [1.165, 1.54) is 0 Å². The second-order valence-electron chi connectivity index (χ2n) is 9.38. The van der Waals surface area contributed by atoms with E-state index in [0.717, 1.165) is 25.9 Å². The van der Waals surface area contributed by atoms with Crippen LogP contribution in [0.5, 0.6) is 5.75 Å². The van der Waals surface area contributed by atoms with Crippen LogP contribution < -0.4 is 26.0 Å². The van der Waals surface area contributed by atoms with Gasteiger partial charge in [-0.05, 0) is 62.3 Å². The summed E-state index contributed by atoms with van der Waals surface area (Å²) in [5.74, 6) is 1.32. The van der Waals surface area contributed by atoms with Crippen LogP contribution in [-0.2, 0) is 5.41 Å². The van der Waals surface area contributed by atoms with E-state index in [1.807, 2.05) is 20.8 Å². The van der Waals surface area contributed by atoms with Crippen molar-refractivity contribution in [3.8, 4) is 5.75 Å². The lowest BCUT2D eigenvalue weighted by Gasteiger charge is -2.23. The first-order valence-corrected chi connectivity index (χ1v) is 11.6. The topological polar surface area (TPSA) is 130 Å². The van der Waals surface area contributed by atoms with Crippen molar-refractivity contribution < 1.29 is 18.8 Å². The lowest BCUT2D eigenvalue weighted by atomic mass is 9.93. The third kappa shape index (κ3) is 7.43. The number of nitrogens with zero attached hydrogens (tertiary/aromatic N) is 2. The van der Waals surface area contributed by atoms with Crippen molar-refractivity contribution in [1.82, 2.24) is 15.5 Å². The number of anilines is 3. The number of halogens is 1. The van der Waals surface area contributed by atoms with E-state index in [9.17, 15) is 9.59 Å². The summed E-state index contributed by atoms with van der Waals surface area (Å²) in [7, 11) is 0. The molecule has 192 valence electrons. The molecule has 0 radical (unpaired) electrons. The van der Waals surface area contributed by atoms with Crippen LogP contribution in [0.3, 0.4) is 0 Å². The number of aromatic nitrogens is 2. The number of hydrogen-bond donors (Lipinski definition) is 4. The van der Waals surface area contributed by atoms with Gasteiger partial charge in [-0.2, -0.15) is 0 Å². The summed E-state index contributed by atoms with van der Waals surface area (Å²) in [6.45, 7) is 7.86. The van der Waals surface area contributed by atoms with Gasteiger partial charge in [-0.3, -0.25) is 10.1 Å². The highest BCUT2D eigenvalue weighted by molar-refractivity contribution is 6.03. The molecule has 1 aliphatic rings. The quantitative estimate of drug-likeness (QED) is 0.371. The van der Waals surface area contributed by atoms with E-state index in [4.69, 9.17) is 9.26 Å². The third-order valence-corrected chi connectivity index (χ3v) is 5.45. The molecule has 0 saturated carbocycles. The standard InChI is InChI=1S/C25H30N6O4.ClH/c1-25(2,3)21-14-22(31-35-21)30-24(33)29-17-6-4-16(5-7-17)28-23(32)20-9-8-19(15-27-20)34-18-10-12-26-13-11-18;/h4-9,14-15,18,26H,10-13H2,1-3H3,(H,28,32)(H2,29,30,31,33);1H. The largest absolute Gasteiger partial charge is 0.489 e. The first kappa shape index (κ1) is 27.0. The zero-order valence-corrected chi connectivity index (χ0v) is 21.3. The summed E-state index contributed by atoms with van der Waals surface area (Å²) < 4.78 is 11.2. The minimum atomic E-state index is -0.452. The molecule has 36 heavy (non-hydrogen) atoms. The molecule has 4 N–H and O–H groups in total. The van der Waals surface area contributed by atoms with Crippen LogP contribution in [-0.4, -0.2) is 41.3 Å². The van der Waals surface area contributed by atoms with E-state index in [0.29, 0.717) is 28.7 Å². The molecule has 0 atom stereocenters. The molecular formula is C25H31ClN6O4. The van der Waals surface area contributed by atoms with Gasteiger partial charge in [-0.25, -0.2) is 9.78 Å². The monoisotopic (exact) mass is 514 g/mol. The van der Waals surface area contributed by atoms with Crippen molar-refractivity contribution >= 4 is 41.5 Å². The maximum absolute atomic E-state index is 12.5. The van der Waals surface area contributed by atoms with Crippen molar-refractivity contribution in [3.05, 3.63) is 60.1 Å².